The van der Waals surface area contributed by atoms with Crippen molar-refractivity contribution < 1.29 is 101 Å². The van der Waals surface area contributed by atoms with Crippen LogP contribution >= 0.6 is 0 Å². The number of benzene rings is 3. The van der Waals surface area contributed by atoms with Crippen molar-refractivity contribution in [2.24, 2.45) is 0 Å². The van der Waals surface area contributed by atoms with E-state index in [1.54, 1.807) is 0 Å². The zero-order valence-electron chi connectivity index (χ0n) is 43.3. The Kier molecular flexibility index (Phi) is 31.0. The monoisotopic (exact) mass is 1090 g/mol. The van der Waals surface area contributed by atoms with Crippen molar-refractivity contribution in [3.05, 3.63) is 60.2 Å². The first-order valence-corrected chi connectivity index (χ1v) is 25.1. The van der Waals surface area contributed by atoms with Gasteiger partial charge in [-0.3, -0.25) is 38.4 Å². The molecule has 0 unspecified atom stereocenters. The zero-order valence-corrected chi connectivity index (χ0v) is 43.3. The Bertz CT molecular complexity index is 2200. The summed E-state index contributed by atoms with van der Waals surface area (Å²) >= 11 is 0. The fraction of sp³-hybridized carbons (Fsp3) is 0.558. The fourth-order valence-electron chi connectivity index (χ4n) is 7.23. The van der Waals surface area contributed by atoms with Crippen molar-refractivity contribution >= 4 is 75.0 Å². The number of nitrogens with one attached hydrogen (secondary N) is 4. The number of fused-ring (bicyclic) bond motifs is 2. The van der Waals surface area contributed by atoms with Crippen molar-refractivity contribution in [2.75, 3.05) is 99.0 Å². The molecule has 0 atom stereocenters. The second-order valence-corrected chi connectivity index (χ2v) is 17.7. The molecule has 25 nitrogen and oxygen atoms in total. The lowest BCUT2D eigenvalue weighted by molar-refractivity contribution is -0.139. The van der Waals surface area contributed by atoms with Gasteiger partial charge in [0.25, 0.3) is 0 Å². The first kappa shape index (κ1) is 64.4. The number of alkyl carbamates (subject to hydrolysis) is 1. The summed E-state index contributed by atoms with van der Waals surface area (Å²) in [6.07, 6.45) is -2.28. The molecule has 0 bridgehead atoms. The molecule has 25 heteroatoms. The van der Waals surface area contributed by atoms with Crippen LogP contribution in [0.1, 0.15) is 70.3 Å². The minimum Gasteiger partial charge on any atom is -0.481 e. The number of hydrogen-bond acceptors (Lipinski definition) is 17. The summed E-state index contributed by atoms with van der Waals surface area (Å²) < 4.78 is 44.9. The minimum absolute atomic E-state index is 0.0110. The van der Waals surface area contributed by atoms with Gasteiger partial charge in [-0.25, -0.2) is 4.79 Å². The van der Waals surface area contributed by atoms with Gasteiger partial charge in [0.05, 0.1) is 130 Å². The van der Waals surface area contributed by atoms with Crippen LogP contribution in [0.15, 0.2) is 54.6 Å². The lowest BCUT2D eigenvalue weighted by Gasteiger charge is -2.34. The largest absolute Gasteiger partial charge is 0.481 e. The summed E-state index contributed by atoms with van der Waals surface area (Å²) in [6.45, 7) is -1.19. The molecule has 0 saturated carbocycles. The molecule has 0 radical (unpaired) electrons. The number of carbonyl (C=O) groups excluding carboxylic acids is 5. The molecule has 0 spiro atoms. The molecule has 77 heavy (non-hydrogen) atoms. The highest BCUT2D eigenvalue weighted by Crippen LogP contribution is 2.29. The molecule has 3 aromatic rings. The lowest BCUT2D eigenvalue weighted by Crippen LogP contribution is -2.58. The third-order valence-corrected chi connectivity index (χ3v) is 11.0. The van der Waals surface area contributed by atoms with E-state index >= 15 is 0 Å². The Hall–Kier alpha value is -6.87. The Morgan fingerprint density at radius 3 is 1.29 bits per heavy atom. The number of carboxylic acid groups (broad SMARTS) is 4. The highest BCUT2D eigenvalue weighted by molar-refractivity contribution is 6.02. The standard InChI is InChI=1S/C52H72N4O21/c1-36(57)12-20-74-33-52(34-75-21-13-44(58)54-39(28-70-23-15-47(61)62)29-71-24-16-48(63)64,35-76-22-14-45(59)55-40(30-72-25-17-49(65)66)31-73-26-18-50(67)68)56-46(60)11-6-19-53-51(69)77-32-43-41-9-4-2-7-37(41)27-38-8-3-5-10-42(38)43/h2-5,7-10,27,39-40H,6,11-26,28-35H2,1H3,(H,53,69)(H,54,58)(H,55,59)(H,56,60)(H,61,62)(H,63,64)(H,65,66)(H,67,68). The molecule has 8 N–H and O–H groups in total. The van der Waals surface area contributed by atoms with E-state index in [4.69, 9.17) is 58.3 Å². The Morgan fingerprint density at radius 2 is 0.883 bits per heavy atom. The van der Waals surface area contributed by atoms with Gasteiger partial charge < -0.3 is 79.6 Å². The van der Waals surface area contributed by atoms with Gasteiger partial charge in [-0.15, -0.1) is 0 Å². The van der Waals surface area contributed by atoms with Crippen molar-refractivity contribution in [1.82, 2.24) is 21.3 Å². The number of Topliss-reactive ketones (excluding diaryl/α,β-unsaturated/α-hetero) is 1. The molecule has 3 rings (SSSR count). The molecule has 0 fully saturated rings. The van der Waals surface area contributed by atoms with Crippen molar-refractivity contribution in [2.45, 2.75) is 88.9 Å². The average molecular weight is 1090 g/mol. The molecule has 0 aromatic heterocycles. The van der Waals surface area contributed by atoms with E-state index in [2.05, 4.69) is 27.3 Å². The van der Waals surface area contributed by atoms with E-state index in [1.165, 1.54) is 6.92 Å². The van der Waals surface area contributed by atoms with E-state index in [9.17, 15) is 43.2 Å². The van der Waals surface area contributed by atoms with Crippen LogP contribution in [0.25, 0.3) is 21.5 Å². The normalized spacial score (nSPS) is 11.4. The topological polar surface area (TPSA) is 357 Å². The zero-order chi connectivity index (χ0) is 56.3. The third kappa shape index (κ3) is 28.7. The van der Waals surface area contributed by atoms with E-state index in [-0.39, 0.29) is 169 Å². The summed E-state index contributed by atoms with van der Waals surface area (Å²) in [4.78, 5) is 108. The van der Waals surface area contributed by atoms with Gasteiger partial charge in [0, 0.05) is 37.8 Å². The quantitative estimate of drug-likeness (QED) is 0.0298. The SMILES string of the molecule is CC(=O)CCOCC(COCCC(=O)NC(COCCC(=O)O)COCCC(=O)O)(COCCC(=O)NC(COCCC(=O)O)COCCC(=O)O)NC(=O)CCCNC(=O)OCc1c2ccccc2cc2ccccc12. The molecule has 3 aromatic carbocycles. The highest BCUT2D eigenvalue weighted by Gasteiger charge is 2.34. The van der Waals surface area contributed by atoms with Gasteiger partial charge in [-0.05, 0) is 41.0 Å². The second-order valence-electron chi connectivity index (χ2n) is 17.7. The van der Waals surface area contributed by atoms with Gasteiger partial charge in [0.2, 0.25) is 17.7 Å². The molecule has 0 aliphatic carbocycles. The smallest absolute Gasteiger partial charge is 0.407 e. The predicted octanol–water partition coefficient (Wildman–Crippen LogP) is 2.60. The van der Waals surface area contributed by atoms with Gasteiger partial charge >= 0.3 is 30.0 Å². The molecule has 426 valence electrons. The maximum absolute atomic E-state index is 13.7. The number of carboxylic acids is 4. The second kappa shape index (κ2) is 37.0. The highest BCUT2D eigenvalue weighted by atomic mass is 16.5. The number of amides is 4. The van der Waals surface area contributed by atoms with E-state index in [0.717, 1.165) is 27.1 Å². The van der Waals surface area contributed by atoms with E-state index in [1.807, 2.05) is 48.5 Å². The third-order valence-electron chi connectivity index (χ3n) is 11.0. The van der Waals surface area contributed by atoms with Crippen LogP contribution in [0.3, 0.4) is 0 Å². The fourth-order valence-corrected chi connectivity index (χ4v) is 7.23. The van der Waals surface area contributed by atoms with Crippen LogP contribution in [-0.4, -0.2) is 191 Å². The average Bonchev–Trinajstić information content (AvgIpc) is 3.39. The number of ketones is 1. The first-order valence-electron chi connectivity index (χ1n) is 25.1. The van der Waals surface area contributed by atoms with Crippen LogP contribution in [0.2, 0.25) is 0 Å². The van der Waals surface area contributed by atoms with Crippen LogP contribution in [0, 0.1) is 0 Å². The van der Waals surface area contributed by atoms with Crippen LogP contribution in [-0.2, 0) is 82.9 Å². The Morgan fingerprint density at radius 1 is 0.494 bits per heavy atom. The van der Waals surface area contributed by atoms with Crippen molar-refractivity contribution in [3.8, 4) is 0 Å². The maximum atomic E-state index is 13.7. The van der Waals surface area contributed by atoms with Gasteiger partial charge in [0.1, 0.15) is 17.9 Å². The minimum atomic E-state index is -1.49. The van der Waals surface area contributed by atoms with Gasteiger partial charge in [-0.1, -0.05) is 48.5 Å². The summed E-state index contributed by atoms with van der Waals surface area (Å²) in [7, 11) is 0. The summed E-state index contributed by atoms with van der Waals surface area (Å²) in [6, 6.07) is 16.0. The number of carbonyl (C=O) groups is 9. The Labute approximate surface area is 444 Å². The molecule has 0 aliphatic heterocycles. The number of rotatable bonds is 44. The van der Waals surface area contributed by atoms with Crippen molar-refractivity contribution in [3.63, 3.8) is 0 Å². The summed E-state index contributed by atoms with van der Waals surface area (Å²) in [5.74, 6) is -6.14. The molecule has 0 saturated heterocycles. The van der Waals surface area contributed by atoms with Crippen LogP contribution < -0.4 is 21.3 Å². The van der Waals surface area contributed by atoms with Crippen LogP contribution in [0.4, 0.5) is 4.79 Å². The molecule has 0 aliphatic rings. The molecular weight excluding hydrogens is 1020 g/mol. The van der Waals surface area contributed by atoms with E-state index in [0.29, 0.717) is 0 Å². The van der Waals surface area contributed by atoms with Gasteiger partial charge in [0.15, 0.2) is 0 Å². The van der Waals surface area contributed by atoms with E-state index < -0.39 is 65.3 Å². The van der Waals surface area contributed by atoms with Crippen LogP contribution in [0.5, 0.6) is 0 Å². The number of hydrogen-bond donors (Lipinski definition) is 8. The number of aliphatic carboxylic acids is 4. The Balaban J connectivity index is 1.70. The lowest BCUT2D eigenvalue weighted by atomic mass is 9.97. The molecule has 0 heterocycles. The molecule has 4 amide bonds. The molecular formula is C52H72N4O21. The van der Waals surface area contributed by atoms with Crippen molar-refractivity contribution in [1.29, 1.82) is 0 Å². The van der Waals surface area contributed by atoms with Gasteiger partial charge in [-0.2, -0.15) is 0 Å². The summed E-state index contributed by atoms with van der Waals surface area (Å²) in [5, 5.41) is 50.6. The summed E-state index contributed by atoms with van der Waals surface area (Å²) in [5.41, 5.74) is -0.654. The number of ether oxygens (including phenoxy) is 8. The first-order chi connectivity index (χ1) is 36.9. The maximum Gasteiger partial charge on any atom is 0.407 e. The predicted molar refractivity (Wildman–Crippen MR) is 273 cm³/mol.